The molecular weight excluding hydrogens is 239 g/mol. The summed E-state index contributed by atoms with van der Waals surface area (Å²) in [6, 6.07) is 0. The largest absolute Gasteiger partial charge is 0.753 e. The topological polar surface area (TPSA) is 99.1 Å². The van der Waals surface area contributed by atoms with Crippen LogP contribution in [0.5, 0.6) is 0 Å². The third-order valence-corrected chi connectivity index (χ3v) is 1.40. The van der Waals surface area contributed by atoms with Crippen LogP contribution in [-0.2, 0) is 23.4 Å². The van der Waals surface area contributed by atoms with Crippen molar-refractivity contribution >= 4 is 20.4 Å². The van der Waals surface area contributed by atoms with Gasteiger partial charge in [-0.05, 0) is 0 Å². The van der Waals surface area contributed by atoms with Crippen LogP contribution in [0.1, 0.15) is 33.6 Å². The van der Waals surface area contributed by atoms with Gasteiger partial charge in [-0.3, -0.25) is 4.79 Å². The van der Waals surface area contributed by atoms with Gasteiger partial charge in [-0.15, -0.1) is 9.42 Å². The minimum absolute atomic E-state index is 0.642. The molecule has 0 aliphatic rings. The summed E-state index contributed by atoms with van der Waals surface area (Å²) in [5.41, 5.74) is 0. The summed E-state index contributed by atoms with van der Waals surface area (Å²) in [6.07, 6.45) is 1.26. The molecular formula is C8H16O7P+. The Morgan fingerprint density at radius 3 is 2.00 bits per heavy atom. The molecule has 0 aromatic heterocycles. The highest BCUT2D eigenvalue weighted by Gasteiger charge is 2.21. The van der Waals surface area contributed by atoms with Crippen LogP contribution < -0.4 is 0 Å². The minimum Gasteiger partial charge on any atom is -0.428 e. The highest BCUT2D eigenvalue weighted by Crippen LogP contribution is 2.14. The van der Waals surface area contributed by atoms with Crippen LogP contribution in [0.2, 0.25) is 0 Å². The number of esters is 1. The molecule has 0 saturated carbocycles. The molecule has 0 saturated heterocycles. The highest BCUT2D eigenvalue weighted by atomic mass is 31.1. The fraction of sp³-hybridized carbons (Fsp3) is 0.750. The van der Waals surface area contributed by atoms with Gasteiger partial charge in [-0.2, -0.15) is 4.79 Å². The number of unbranched alkanes of at least 4 members (excludes halogenated alkanes) is 1. The highest BCUT2D eigenvalue weighted by molar-refractivity contribution is 7.32. The third-order valence-electron chi connectivity index (χ3n) is 1.09. The van der Waals surface area contributed by atoms with E-state index in [0.29, 0.717) is 0 Å². The molecule has 1 unspecified atom stereocenters. The van der Waals surface area contributed by atoms with Crippen LogP contribution in [0.25, 0.3) is 0 Å². The Hall–Kier alpha value is -1.20. The molecule has 0 bridgehead atoms. The summed E-state index contributed by atoms with van der Waals surface area (Å²) in [5, 5.41) is 0. The van der Waals surface area contributed by atoms with Crippen LogP contribution in [0.15, 0.2) is 0 Å². The Kier molecular flexibility index (Phi) is 12.8. The molecule has 1 atom stereocenters. The predicted octanol–water partition coefficient (Wildman–Crippen LogP) is 2.12. The minimum atomic E-state index is -3.04. The van der Waals surface area contributed by atoms with Crippen molar-refractivity contribution in [3.63, 3.8) is 0 Å². The molecule has 0 aliphatic carbocycles. The monoisotopic (exact) mass is 255 g/mol. The van der Waals surface area contributed by atoms with Crippen LogP contribution >= 0.6 is 8.25 Å². The normalized spacial score (nSPS) is 9.38. The van der Waals surface area contributed by atoms with Crippen molar-refractivity contribution in [3.05, 3.63) is 0 Å². The Morgan fingerprint density at radius 1 is 1.19 bits per heavy atom. The maximum Gasteiger partial charge on any atom is 0.753 e. The second-order valence-electron chi connectivity index (χ2n) is 2.48. The van der Waals surface area contributed by atoms with Gasteiger partial charge in [-0.1, -0.05) is 26.7 Å². The van der Waals surface area contributed by atoms with E-state index in [2.05, 4.69) is 27.8 Å². The van der Waals surface area contributed by atoms with Gasteiger partial charge in [0.2, 0.25) is 6.79 Å². The lowest BCUT2D eigenvalue weighted by Crippen LogP contribution is -2.09. The molecule has 0 spiro atoms. The lowest BCUT2D eigenvalue weighted by Gasteiger charge is -1.98. The first-order valence-corrected chi connectivity index (χ1v) is 5.71. The molecule has 16 heavy (non-hydrogen) atoms. The number of carbonyl (C=O) groups excluding carboxylic acids is 2. The summed E-state index contributed by atoms with van der Waals surface area (Å²) in [6.45, 7) is 4.83. The Balaban J connectivity index is 0. The molecule has 0 fully saturated rings. The molecule has 0 radical (unpaired) electrons. The van der Waals surface area contributed by atoms with E-state index in [4.69, 9.17) is 4.89 Å². The van der Waals surface area contributed by atoms with Crippen molar-refractivity contribution in [1.82, 2.24) is 0 Å². The molecule has 94 valence electrons. The van der Waals surface area contributed by atoms with Crippen LogP contribution in [0.3, 0.4) is 0 Å². The zero-order valence-electron chi connectivity index (χ0n) is 9.47. The average Bonchev–Trinajstić information content (AvgIpc) is 2.16. The molecule has 0 aromatic carbocycles. The molecule has 1 N–H and O–H groups in total. The van der Waals surface area contributed by atoms with Gasteiger partial charge in [0.15, 0.2) is 0 Å². The number of hydrogen-bond acceptors (Lipinski definition) is 6. The molecule has 7 nitrogen and oxygen atoms in total. The van der Waals surface area contributed by atoms with E-state index in [1.807, 2.05) is 0 Å². The summed E-state index contributed by atoms with van der Waals surface area (Å²) in [7, 11) is -3.04. The summed E-state index contributed by atoms with van der Waals surface area (Å²) >= 11 is 0. The SMILES string of the molecule is CC(=O)OCOC(=O)O[P+](=O)O.CCCC. The predicted molar refractivity (Wildman–Crippen MR) is 54.6 cm³/mol. The quantitative estimate of drug-likeness (QED) is 0.466. The Bertz CT molecular complexity index is 226. The first-order valence-electron chi connectivity index (χ1n) is 4.58. The number of rotatable bonds is 4. The summed E-state index contributed by atoms with van der Waals surface area (Å²) in [4.78, 5) is 28.4. The Labute approximate surface area is 94.6 Å². The number of ether oxygens (including phenoxy) is 2. The second-order valence-corrected chi connectivity index (χ2v) is 3.14. The van der Waals surface area contributed by atoms with Gasteiger partial charge < -0.3 is 9.47 Å². The molecule has 8 heteroatoms. The van der Waals surface area contributed by atoms with Gasteiger partial charge in [0.05, 0.1) is 0 Å². The van der Waals surface area contributed by atoms with Crippen LogP contribution in [0.4, 0.5) is 4.79 Å². The summed E-state index contributed by atoms with van der Waals surface area (Å²) < 4.78 is 21.6. The first-order chi connectivity index (χ1) is 7.43. The van der Waals surface area contributed by atoms with Crippen molar-refractivity contribution in [2.45, 2.75) is 33.6 Å². The zero-order valence-corrected chi connectivity index (χ0v) is 10.4. The third kappa shape index (κ3) is 18.6. The van der Waals surface area contributed by atoms with Crippen molar-refractivity contribution in [2.24, 2.45) is 0 Å². The van der Waals surface area contributed by atoms with Crippen molar-refractivity contribution in [2.75, 3.05) is 6.79 Å². The van der Waals surface area contributed by atoms with E-state index in [1.165, 1.54) is 12.8 Å². The van der Waals surface area contributed by atoms with Gasteiger partial charge in [0, 0.05) is 11.5 Å². The van der Waals surface area contributed by atoms with Gasteiger partial charge in [-0.25, -0.2) is 0 Å². The summed E-state index contributed by atoms with van der Waals surface area (Å²) in [5.74, 6) is -0.642. The Morgan fingerprint density at radius 2 is 1.69 bits per heavy atom. The average molecular weight is 255 g/mol. The van der Waals surface area contributed by atoms with Gasteiger partial charge in [0.25, 0.3) is 0 Å². The van der Waals surface area contributed by atoms with E-state index < -0.39 is 27.2 Å². The first kappa shape index (κ1) is 17.2. The van der Waals surface area contributed by atoms with E-state index >= 15 is 0 Å². The molecule has 0 heterocycles. The van der Waals surface area contributed by atoms with Crippen LogP contribution in [0, 0.1) is 0 Å². The van der Waals surface area contributed by atoms with Crippen molar-refractivity contribution < 1.29 is 33.0 Å². The fourth-order valence-electron chi connectivity index (χ4n) is 0.251. The maximum absolute atomic E-state index is 10.3. The van der Waals surface area contributed by atoms with E-state index in [1.54, 1.807) is 0 Å². The van der Waals surface area contributed by atoms with Crippen molar-refractivity contribution in [1.29, 1.82) is 0 Å². The number of hydrogen-bond donors (Lipinski definition) is 1. The van der Waals surface area contributed by atoms with Crippen molar-refractivity contribution in [3.8, 4) is 0 Å². The molecule has 0 aliphatic heterocycles. The number of carbonyl (C=O) groups is 2. The standard InChI is InChI=1S/C4H5O7P.C4H10/c1-3(5)9-2-10-4(6)11-12(7)8;1-3-4-2/h2H2,1H3;3-4H2,1-2H3/p+1. The molecule has 0 rings (SSSR count). The second kappa shape index (κ2) is 11.9. The van der Waals surface area contributed by atoms with Crippen LogP contribution in [-0.4, -0.2) is 23.8 Å². The van der Waals surface area contributed by atoms with Gasteiger partial charge in [0.1, 0.15) is 0 Å². The molecule has 0 aromatic rings. The van der Waals surface area contributed by atoms with E-state index in [-0.39, 0.29) is 0 Å². The van der Waals surface area contributed by atoms with E-state index in [9.17, 15) is 14.2 Å². The zero-order chi connectivity index (χ0) is 13.0. The maximum atomic E-state index is 10.3. The van der Waals surface area contributed by atoms with Gasteiger partial charge >= 0.3 is 20.4 Å². The lowest BCUT2D eigenvalue weighted by molar-refractivity contribution is -0.149. The lowest BCUT2D eigenvalue weighted by atomic mass is 10.4. The smallest absolute Gasteiger partial charge is 0.428 e. The van der Waals surface area contributed by atoms with E-state index in [0.717, 1.165) is 6.92 Å². The molecule has 0 amide bonds. The fourth-order valence-corrected chi connectivity index (χ4v) is 0.431.